The molecule has 5 nitrogen and oxygen atoms in total. The molecule has 1 aromatic rings. The molecule has 108 valence electrons. The number of amides is 1. The SMILES string of the molecule is C/C(=C/CNCCNC(=O)c1ccc(C)cc1)C(=O)O. The first-order chi connectivity index (χ1) is 9.50. The molecule has 0 radical (unpaired) electrons. The van der Waals surface area contributed by atoms with Crippen molar-refractivity contribution < 1.29 is 14.7 Å². The Morgan fingerprint density at radius 3 is 2.45 bits per heavy atom. The maximum atomic E-state index is 11.8. The van der Waals surface area contributed by atoms with E-state index in [4.69, 9.17) is 5.11 Å². The number of hydrogen-bond donors (Lipinski definition) is 3. The molecule has 1 amide bonds. The maximum absolute atomic E-state index is 11.8. The summed E-state index contributed by atoms with van der Waals surface area (Å²) in [7, 11) is 0. The number of benzene rings is 1. The number of rotatable bonds is 7. The summed E-state index contributed by atoms with van der Waals surface area (Å²) in [5, 5.41) is 14.5. The lowest BCUT2D eigenvalue weighted by atomic mass is 10.1. The van der Waals surface area contributed by atoms with Gasteiger partial charge in [-0.1, -0.05) is 23.8 Å². The van der Waals surface area contributed by atoms with E-state index in [0.29, 0.717) is 30.8 Å². The molecule has 0 spiro atoms. The van der Waals surface area contributed by atoms with Crippen molar-refractivity contribution >= 4 is 11.9 Å². The quantitative estimate of drug-likeness (QED) is 0.519. The van der Waals surface area contributed by atoms with Gasteiger partial charge >= 0.3 is 5.97 Å². The second-order valence-electron chi connectivity index (χ2n) is 4.52. The molecule has 0 fully saturated rings. The summed E-state index contributed by atoms with van der Waals surface area (Å²) >= 11 is 0. The molecule has 5 heteroatoms. The number of carboxylic acid groups (broad SMARTS) is 1. The van der Waals surface area contributed by atoms with E-state index in [1.54, 1.807) is 25.1 Å². The molecule has 20 heavy (non-hydrogen) atoms. The summed E-state index contributed by atoms with van der Waals surface area (Å²) in [6.07, 6.45) is 1.60. The van der Waals surface area contributed by atoms with Crippen LogP contribution in [-0.4, -0.2) is 36.6 Å². The van der Waals surface area contributed by atoms with E-state index in [1.807, 2.05) is 19.1 Å². The number of nitrogens with one attached hydrogen (secondary N) is 2. The van der Waals surface area contributed by atoms with E-state index in [-0.39, 0.29) is 5.91 Å². The lowest BCUT2D eigenvalue weighted by molar-refractivity contribution is -0.132. The van der Waals surface area contributed by atoms with Gasteiger partial charge in [0.05, 0.1) is 0 Å². The highest BCUT2D eigenvalue weighted by Crippen LogP contribution is 2.02. The van der Waals surface area contributed by atoms with Crippen LogP contribution in [0.4, 0.5) is 0 Å². The van der Waals surface area contributed by atoms with Gasteiger partial charge in [0, 0.05) is 30.8 Å². The fourth-order valence-electron chi connectivity index (χ4n) is 1.49. The second-order valence-corrected chi connectivity index (χ2v) is 4.52. The Morgan fingerprint density at radius 1 is 1.20 bits per heavy atom. The predicted molar refractivity (Wildman–Crippen MR) is 77.8 cm³/mol. The van der Waals surface area contributed by atoms with Gasteiger partial charge in [-0.25, -0.2) is 4.79 Å². The minimum atomic E-state index is -0.917. The number of aliphatic carboxylic acids is 1. The molecule has 0 unspecified atom stereocenters. The van der Waals surface area contributed by atoms with Crippen LogP contribution in [0.5, 0.6) is 0 Å². The summed E-state index contributed by atoms with van der Waals surface area (Å²) in [6, 6.07) is 7.37. The Morgan fingerprint density at radius 2 is 1.85 bits per heavy atom. The first-order valence-electron chi connectivity index (χ1n) is 6.46. The first kappa shape index (κ1) is 15.9. The molecule has 0 bridgehead atoms. The zero-order chi connectivity index (χ0) is 15.0. The van der Waals surface area contributed by atoms with Crippen LogP contribution >= 0.6 is 0 Å². The molecule has 0 aliphatic carbocycles. The molecule has 0 heterocycles. The fraction of sp³-hybridized carbons (Fsp3) is 0.333. The lowest BCUT2D eigenvalue weighted by Gasteiger charge is -2.06. The van der Waals surface area contributed by atoms with Crippen LogP contribution in [0, 0.1) is 6.92 Å². The van der Waals surface area contributed by atoms with Crippen LogP contribution in [0.25, 0.3) is 0 Å². The number of carbonyl (C=O) groups excluding carboxylic acids is 1. The molecule has 0 atom stereocenters. The third-order valence-corrected chi connectivity index (χ3v) is 2.79. The number of carboxylic acids is 1. The summed E-state index contributed by atoms with van der Waals surface area (Å²) in [4.78, 5) is 22.3. The van der Waals surface area contributed by atoms with E-state index in [2.05, 4.69) is 10.6 Å². The molecular formula is C15H20N2O3. The highest BCUT2D eigenvalue weighted by atomic mass is 16.4. The standard InChI is InChI=1S/C15H20N2O3/c1-11-3-5-13(6-4-11)14(18)17-10-9-16-8-7-12(2)15(19)20/h3-7,16H,8-10H2,1-2H3,(H,17,18)(H,19,20)/b12-7-. The Balaban J connectivity index is 2.21. The minimum Gasteiger partial charge on any atom is -0.478 e. The fourth-order valence-corrected chi connectivity index (χ4v) is 1.49. The topological polar surface area (TPSA) is 78.4 Å². The van der Waals surface area contributed by atoms with Gasteiger partial charge in [0.1, 0.15) is 0 Å². The van der Waals surface area contributed by atoms with Crippen molar-refractivity contribution in [3.8, 4) is 0 Å². The molecule has 0 aliphatic rings. The second kappa shape index (κ2) is 8.12. The number of carbonyl (C=O) groups is 2. The van der Waals surface area contributed by atoms with Gasteiger partial charge < -0.3 is 15.7 Å². The largest absolute Gasteiger partial charge is 0.478 e. The zero-order valence-electron chi connectivity index (χ0n) is 11.8. The molecule has 0 saturated carbocycles. The molecule has 0 saturated heterocycles. The van der Waals surface area contributed by atoms with Crippen molar-refractivity contribution in [2.45, 2.75) is 13.8 Å². The summed E-state index contributed by atoms with van der Waals surface area (Å²) < 4.78 is 0. The van der Waals surface area contributed by atoms with Crippen LogP contribution in [-0.2, 0) is 4.79 Å². The predicted octanol–water partition coefficient (Wildman–Crippen LogP) is 1.35. The van der Waals surface area contributed by atoms with Crippen LogP contribution in [0.2, 0.25) is 0 Å². The summed E-state index contributed by atoms with van der Waals surface area (Å²) in [6.45, 7) is 5.06. The highest BCUT2D eigenvalue weighted by molar-refractivity contribution is 5.94. The molecule has 1 aromatic carbocycles. The molecule has 0 aliphatic heterocycles. The van der Waals surface area contributed by atoms with E-state index in [9.17, 15) is 9.59 Å². The van der Waals surface area contributed by atoms with E-state index >= 15 is 0 Å². The Bertz CT molecular complexity index is 492. The normalized spacial score (nSPS) is 11.2. The number of aryl methyl sites for hydroxylation is 1. The smallest absolute Gasteiger partial charge is 0.330 e. The maximum Gasteiger partial charge on any atom is 0.330 e. The van der Waals surface area contributed by atoms with Crippen molar-refractivity contribution in [1.29, 1.82) is 0 Å². The Kier molecular flexibility index (Phi) is 6.46. The van der Waals surface area contributed by atoms with E-state index in [0.717, 1.165) is 5.56 Å². The lowest BCUT2D eigenvalue weighted by Crippen LogP contribution is -2.32. The zero-order valence-corrected chi connectivity index (χ0v) is 11.8. The average molecular weight is 276 g/mol. The van der Waals surface area contributed by atoms with Crippen LogP contribution in [0.3, 0.4) is 0 Å². The molecular weight excluding hydrogens is 256 g/mol. The van der Waals surface area contributed by atoms with E-state index in [1.165, 1.54) is 0 Å². The van der Waals surface area contributed by atoms with Gasteiger partial charge in [0.2, 0.25) is 0 Å². The molecule has 0 aromatic heterocycles. The van der Waals surface area contributed by atoms with Gasteiger partial charge in [0.15, 0.2) is 0 Å². The van der Waals surface area contributed by atoms with Crippen molar-refractivity contribution in [2.24, 2.45) is 0 Å². The van der Waals surface area contributed by atoms with Crippen LogP contribution in [0.15, 0.2) is 35.9 Å². The average Bonchev–Trinajstić information content (AvgIpc) is 2.42. The van der Waals surface area contributed by atoms with Crippen LogP contribution in [0.1, 0.15) is 22.8 Å². The van der Waals surface area contributed by atoms with Crippen molar-refractivity contribution in [2.75, 3.05) is 19.6 Å². The Hall–Kier alpha value is -2.14. The van der Waals surface area contributed by atoms with Gasteiger partial charge in [0.25, 0.3) is 5.91 Å². The Labute approximate surface area is 118 Å². The third kappa shape index (κ3) is 5.67. The third-order valence-electron chi connectivity index (χ3n) is 2.79. The van der Waals surface area contributed by atoms with E-state index < -0.39 is 5.97 Å². The van der Waals surface area contributed by atoms with Crippen molar-refractivity contribution in [1.82, 2.24) is 10.6 Å². The summed E-state index contributed by atoms with van der Waals surface area (Å²) in [5.74, 6) is -1.02. The first-order valence-corrected chi connectivity index (χ1v) is 6.46. The monoisotopic (exact) mass is 276 g/mol. The van der Waals surface area contributed by atoms with Gasteiger partial charge in [-0.15, -0.1) is 0 Å². The minimum absolute atomic E-state index is 0.107. The van der Waals surface area contributed by atoms with Crippen molar-refractivity contribution in [3.63, 3.8) is 0 Å². The van der Waals surface area contributed by atoms with Gasteiger partial charge in [-0.05, 0) is 26.0 Å². The van der Waals surface area contributed by atoms with Crippen molar-refractivity contribution in [3.05, 3.63) is 47.0 Å². The van der Waals surface area contributed by atoms with Gasteiger partial charge in [-0.3, -0.25) is 4.79 Å². The molecule has 1 rings (SSSR count). The van der Waals surface area contributed by atoms with Crippen LogP contribution < -0.4 is 10.6 Å². The number of hydrogen-bond acceptors (Lipinski definition) is 3. The highest BCUT2D eigenvalue weighted by Gasteiger charge is 2.03. The van der Waals surface area contributed by atoms with Gasteiger partial charge in [-0.2, -0.15) is 0 Å². The summed E-state index contributed by atoms with van der Waals surface area (Å²) in [5.41, 5.74) is 2.06. The molecule has 3 N–H and O–H groups in total.